The lowest BCUT2D eigenvalue weighted by atomic mass is 9.88. The van der Waals surface area contributed by atoms with Gasteiger partial charge in [0.25, 0.3) is 0 Å². The monoisotopic (exact) mass is 284 g/mol. The molecule has 0 aliphatic carbocycles. The molecule has 2 aliphatic rings. The molecule has 7 heteroatoms. The number of hydrogen-bond donors (Lipinski definition) is 1. The Bertz CT molecular complexity index is 462. The molecule has 0 aromatic rings. The maximum atomic E-state index is 11.8. The summed E-state index contributed by atoms with van der Waals surface area (Å²) in [4.78, 5) is 29.4. The summed E-state index contributed by atoms with van der Waals surface area (Å²) >= 11 is 0. The highest BCUT2D eigenvalue weighted by Crippen LogP contribution is 2.31. The van der Waals surface area contributed by atoms with Crippen LogP contribution in [-0.4, -0.2) is 52.1 Å². The van der Waals surface area contributed by atoms with Crippen molar-refractivity contribution >= 4 is 17.8 Å². The maximum absolute atomic E-state index is 11.8. The number of hydrogen-bond acceptors (Lipinski definition) is 5. The molecule has 0 spiro atoms. The number of carboxylic acid groups (broad SMARTS) is 1. The van der Waals surface area contributed by atoms with E-state index in [-0.39, 0.29) is 18.4 Å². The summed E-state index contributed by atoms with van der Waals surface area (Å²) in [6.07, 6.45) is -0.0934. The van der Waals surface area contributed by atoms with Gasteiger partial charge in [0.05, 0.1) is 5.71 Å². The average molecular weight is 284 g/mol. The summed E-state index contributed by atoms with van der Waals surface area (Å²) < 4.78 is 5.25. The Morgan fingerprint density at radius 3 is 2.50 bits per heavy atom. The van der Waals surface area contributed by atoms with E-state index in [1.165, 1.54) is 6.92 Å². The number of ether oxygens (including phenoxy) is 1. The number of rotatable bonds is 2. The van der Waals surface area contributed by atoms with Gasteiger partial charge in [0.2, 0.25) is 5.60 Å². The molecule has 0 bridgehead atoms. The lowest BCUT2D eigenvalue weighted by Gasteiger charge is -2.39. The van der Waals surface area contributed by atoms with E-state index in [1.54, 1.807) is 4.90 Å². The molecule has 1 saturated heterocycles. The second kappa shape index (κ2) is 4.64. The highest BCUT2D eigenvalue weighted by Gasteiger charge is 2.47. The van der Waals surface area contributed by atoms with Crippen LogP contribution in [-0.2, 0) is 14.4 Å². The average Bonchev–Trinajstić information content (AvgIpc) is 2.57. The Morgan fingerprint density at radius 2 is 2.05 bits per heavy atom. The number of carbonyl (C=O) groups excluding carboxylic acids is 1. The minimum atomic E-state index is -1.28. The van der Waals surface area contributed by atoms with Gasteiger partial charge < -0.3 is 19.6 Å². The smallest absolute Gasteiger partial charge is 0.410 e. The quantitative estimate of drug-likeness (QED) is 0.829. The fraction of sp³-hybridized carbons (Fsp3) is 0.769. The molecule has 0 radical (unpaired) electrons. The van der Waals surface area contributed by atoms with E-state index in [4.69, 9.17) is 14.7 Å². The first-order valence-corrected chi connectivity index (χ1v) is 6.57. The molecule has 2 heterocycles. The van der Waals surface area contributed by atoms with Gasteiger partial charge in [-0.05, 0) is 27.7 Å². The van der Waals surface area contributed by atoms with E-state index in [1.807, 2.05) is 20.8 Å². The van der Waals surface area contributed by atoms with Gasteiger partial charge in [0.15, 0.2) is 0 Å². The number of nitrogens with zero attached hydrogens (tertiary/aromatic N) is 2. The van der Waals surface area contributed by atoms with E-state index in [9.17, 15) is 9.59 Å². The molecule has 0 saturated carbocycles. The van der Waals surface area contributed by atoms with Crippen LogP contribution in [0.4, 0.5) is 4.79 Å². The molecular formula is C13H20N2O5. The first kappa shape index (κ1) is 14.6. The largest absolute Gasteiger partial charge is 0.478 e. The molecule has 1 atom stereocenters. The Labute approximate surface area is 117 Å². The van der Waals surface area contributed by atoms with Crippen LogP contribution < -0.4 is 0 Å². The highest BCUT2D eigenvalue weighted by molar-refractivity contribution is 5.95. The number of amides is 1. The second-order valence-electron chi connectivity index (χ2n) is 6.47. The lowest BCUT2D eigenvalue weighted by Crippen LogP contribution is -2.54. The third-order valence-electron chi connectivity index (χ3n) is 3.34. The molecule has 1 fully saturated rings. The molecule has 1 amide bonds. The van der Waals surface area contributed by atoms with Crippen LogP contribution in [0.15, 0.2) is 5.16 Å². The van der Waals surface area contributed by atoms with E-state index in [0.29, 0.717) is 18.8 Å². The van der Waals surface area contributed by atoms with Crippen molar-refractivity contribution in [2.45, 2.75) is 45.3 Å². The number of carbonyl (C=O) groups is 2. The molecule has 1 N–H and O–H groups in total. The van der Waals surface area contributed by atoms with Crippen LogP contribution in [0.5, 0.6) is 0 Å². The maximum Gasteiger partial charge on any atom is 0.410 e. The second-order valence-corrected chi connectivity index (χ2v) is 6.47. The van der Waals surface area contributed by atoms with Crippen molar-refractivity contribution in [3.05, 3.63) is 0 Å². The van der Waals surface area contributed by atoms with E-state index >= 15 is 0 Å². The van der Waals surface area contributed by atoms with Gasteiger partial charge in [0, 0.05) is 25.4 Å². The van der Waals surface area contributed by atoms with Gasteiger partial charge in [-0.15, -0.1) is 0 Å². The van der Waals surface area contributed by atoms with E-state index in [0.717, 1.165) is 0 Å². The minimum Gasteiger partial charge on any atom is -0.478 e. The van der Waals surface area contributed by atoms with Gasteiger partial charge in [0.1, 0.15) is 5.60 Å². The number of likely N-dealkylation sites (tertiary alicyclic amines) is 1. The third kappa shape index (κ3) is 2.86. The van der Waals surface area contributed by atoms with Crippen LogP contribution in [0.2, 0.25) is 0 Å². The zero-order valence-electron chi connectivity index (χ0n) is 12.2. The number of oxime groups is 1. The van der Waals surface area contributed by atoms with Crippen molar-refractivity contribution < 1.29 is 24.3 Å². The Hall–Kier alpha value is -1.79. The van der Waals surface area contributed by atoms with E-state index in [2.05, 4.69) is 5.16 Å². The molecule has 0 aromatic carbocycles. The topological polar surface area (TPSA) is 88.4 Å². The predicted octanol–water partition coefficient (Wildman–Crippen LogP) is 1.47. The fourth-order valence-electron chi connectivity index (χ4n) is 2.07. The van der Waals surface area contributed by atoms with Gasteiger partial charge >= 0.3 is 12.1 Å². The first-order valence-electron chi connectivity index (χ1n) is 6.57. The van der Waals surface area contributed by atoms with Crippen LogP contribution in [0.3, 0.4) is 0 Å². The Balaban J connectivity index is 1.83. The molecule has 112 valence electrons. The summed E-state index contributed by atoms with van der Waals surface area (Å²) in [6.45, 7) is 7.93. The van der Waals surface area contributed by atoms with Gasteiger partial charge in [-0.25, -0.2) is 9.59 Å². The molecular weight excluding hydrogens is 264 g/mol. The number of carboxylic acids is 1. The van der Waals surface area contributed by atoms with Gasteiger partial charge in [-0.3, -0.25) is 0 Å². The highest BCUT2D eigenvalue weighted by atomic mass is 16.7. The predicted molar refractivity (Wildman–Crippen MR) is 70.5 cm³/mol. The summed E-state index contributed by atoms with van der Waals surface area (Å²) in [5, 5.41) is 12.9. The van der Waals surface area contributed by atoms with Crippen LogP contribution in [0, 0.1) is 5.92 Å². The summed E-state index contributed by atoms with van der Waals surface area (Å²) in [6, 6.07) is 0. The fourth-order valence-corrected chi connectivity index (χ4v) is 2.07. The summed E-state index contributed by atoms with van der Waals surface area (Å²) in [5.41, 5.74) is -1.09. The normalized spacial score (nSPS) is 26.6. The molecule has 0 aromatic heterocycles. The van der Waals surface area contributed by atoms with Crippen LogP contribution in [0.25, 0.3) is 0 Å². The molecule has 7 nitrogen and oxygen atoms in total. The van der Waals surface area contributed by atoms with Crippen molar-refractivity contribution in [2.24, 2.45) is 11.1 Å². The molecule has 2 aliphatic heterocycles. The lowest BCUT2D eigenvalue weighted by molar-refractivity contribution is -0.160. The third-order valence-corrected chi connectivity index (χ3v) is 3.34. The van der Waals surface area contributed by atoms with Crippen molar-refractivity contribution in [3.8, 4) is 0 Å². The zero-order chi connectivity index (χ0) is 15.1. The number of aliphatic carboxylic acids is 1. The van der Waals surface area contributed by atoms with Gasteiger partial charge in [-0.2, -0.15) is 0 Å². The zero-order valence-corrected chi connectivity index (χ0v) is 12.2. The molecule has 1 unspecified atom stereocenters. The van der Waals surface area contributed by atoms with E-state index < -0.39 is 17.2 Å². The van der Waals surface area contributed by atoms with Crippen LogP contribution in [0.1, 0.15) is 34.1 Å². The SMILES string of the molecule is CC(C)(C)OC(=O)N1CC(C2=NOC(C)(C(=O)O)C2)C1. The van der Waals surface area contributed by atoms with Crippen molar-refractivity contribution in [2.75, 3.05) is 13.1 Å². The molecule has 20 heavy (non-hydrogen) atoms. The first-order chi connectivity index (χ1) is 9.11. The Kier molecular flexibility index (Phi) is 3.39. The van der Waals surface area contributed by atoms with Crippen molar-refractivity contribution in [3.63, 3.8) is 0 Å². The van der Waals surface area contributed by atoms with Gasteiger partial charge in [-0.1, -0.05) is 5.16 Å². The standard InChI is InChI=1S/C13H20N2O5/c1-12(2,3)19-11(18)15-6-8(7-15)9-5-13(4,10(16)17)20-14-9/h8H,5-7H2,1-4H3,(H,16,17). The minimum absolute atomic E-state index is 0.0590. The van der Waals surface area contributed by atoms with Crippen molar-refractivity contribution in [1.29, 1.82) is 0 Å². The van der Waals surface area contributed by atoms with Crippen LogP contribution >= 0.6 is 0 Å². The van der Waals surface area contributed by atoms with Crippen molar-refractivity contribution in [1.82, 2.24) is 4.90 Å². The Morgan fingerprint density at radius 1 is 1.45 bits per heavy atom. The summed E-state index contributed by atoms with van der Waals surface area (Å²) in [5.74, 6) is -0.969. The molecule has 2 rings (SSSR count). The summed E-state index contributed by atoms with van der Waals surface area (Å²) in [7, 11) is 0.